The van der Waals surface area contributed by atoms with Crippen molar-refractivity contribution in [2.24, 2.45) is 4.99 Å². The van der Waals surface area contributed by atoms with Crippen molar-refractivity contribution in [3.63, 3.8) is 0 Å². The van der Waals surface area contributed by atoms with E-state index in [2.05, 4.69) is 15.6 Å². The molecule has 3 N–H and O–H groups in total. The van der Waals surface area contributed by atoms with Gasteiger partial charge in [-0.25, -0.2) is 8.78 Å². The highest BCUT2D eigenvalue weighted by molar-refractivity contribution is 14.0. The molecule has 1 heterocycles. The van der Waals surface area contributed by atoms with Crippen LogP contribution >= 0.6 is 24.0 Å². The van der Waals surface area contributed by atoms with E-state index in [4.69, 9.17) is 0 Å². The van der Waals surface area contributed by atoms with Gasteiger partial charge in [0.25, 0.3) is 0 Å². The van der Waals surface area contributed by atoms with Crippen LogP contribution in [0.5, 0.6) is 0 Å². The fourth-order valence-corrected chi connectivity index (χ4v) is 3.27. The average molecular weight is 466 g/mol. The second-order valence-corrected chi connectivity index (χ2v) is 6.65. The lowest BCUT2D eigenvalue weighted by Crippen LogP contribution is -2.52. The Bertz CT molecular complexity index is 604. The Morgan fingerprint density at radius 3 is 2.60 bits per heavy atom. The molecule has 8 heteroatoms. The van der Waals surface area contributed by atoms with Crippen LogP contribution in [0.3, 0.4) is 0 Å². The van der Waals surface area contributed by atoms with Gasteiger partial charge >= 0.3 is 0 Å². The van der Waals surface area contributed by atoms with E-state index >= 15 is 0 Å². The van der Waals surface area contributed by atoms with Gasteiger partial charge in [-0.05, 0) is 37.8 Å². The van der Waals surface area contributed by atoms with E-state index in [-0.39, 0.29) is 35.7 Å². The van der Waals surface area contributed by atoms with Crippen molar-refractivity contribution in [1.82, 2.24) is 10.6 Å². The first-order chi connectivity index (χ1) is 11.5. The number of aliphatic imine (C=N–C) groups is 1. The van der Waals surface area contributed by atoms with E-state index in [0.29, 0.717) is 25.6 Å². The monoisotopic (exact) mass is 466 g/mol. The van der Waals surface area contributed by atoms with E-state index in [1.165, 1.54) is 18.2 Å². The van der Waals surface area contributed by atoms with Gasteiger partial charge < -0.3 is 20.6 Å². The van der Waals surface area contributed by atoms with Gasteiger partial charge in [0.2, 0.25) is 0 Å². The summed E-state index contributed by atoms with van der Waals surface area (Å²) in [5.41, 5.74) is -0.594. The first kappa shape index (κ1) is 20.2. The molecule has 2 aliphatic rings. The summed E-state index contributed by atoms with van der Waals surface area (Å²) in [5, 5.41) is 16.5. The highest BCUT2D eigenvalue weighted by atomic mass is 127. The van der Waals surface area contributed by atoms with Gasteiger partial charge in [0.15, 0.2) is 5.96 Å². The summed E-state index contributed by atoms with van der Waals surface area (Å²) in [5.74, 6) is -0.466. The number of aliphatic hydroxyl groups is 1. The van der Waals surface area contributed by atoms with Crippen molar-refractivity contribution in [3.8, 4) is 0 Å². The SMILES string of the molecule is CN=C(NCC1(O)CCC1)NC1CCN(c2c(F)cccc2F)C1.I. The van der Waals surface area contributed by atoms with E-state index in [1.54, 1.807) is 11.9 Å². The van der Waals surface area contributed by atoms with E-state index in [0.717, 1.165) is 25.7 Å². The maximum absolute atomic E-state index is 13.9. The number of hydrogen-bond acceptors (Lipinski definition) is 3. The predicted molar refractivity (Wildman–Crippen MR) is 106 cm³/mol. The van der Waals surface area contributed by atoms with Crippen molar-refractivity contribution < 1.29 is 13.9 Å². The molecule has 5 nitrogen and oxygen atoms in total. The van der Waals surface area contributed by atoms with Gasteiger partial charge in [0, 0.05) is 32.7 Å². The van der Waals surface area contributed by atoms with Crippen LogP contribution in [0, 0.1) is 11.6 Å². The molecular formula is C17H25F2IN4O. The fourth-order valence-electron chi connectivity index (χ4n) is 3.27. The highest BCUT2D eigenvalue weighted by Gasteiger charge is 2.34. The summed E-state index contributed by atoms with van der Waals surface area (Å²) in [7, 11) is 1.67. The molecule has 1 aromatic carbocycles. The average Bonchev–Trinajstić information content (AvgIpc) is 2.97. The topological polar surface area (TPSA) is 59.9 Å². The Labute approximate surface area is 163 Å². The Balaban J connectivity index is 0.00000225. The number of rotatable bonds is 4. The summed E-state index contributed by atoms with van der Waals surface area (Å²) in [4.78, 5) is 5.88. The van der Waals surface area contributed by atoms with Crippen LogP contribution in [0.1, 0.15) is 25.7 Å². The zero-order chi connectivity index (χ0) is 17.2. The van der Waals surface area contributed by atoms with Crippen LogP contribution in [-0.4, -0.2) is 49.4 Å². The van der Waals surface area contributed by atoms with Crippen LogP contribution in [0.4, 0.5) is 14.5 Å². The van der Waals surface area contributed by atoms with Crippen LogP contribution < -0.4 is 15.5 Å². The van der Waals surface area contributed by atoms with Crippen LogP contribution in [0.2, 0.25) is 0 Å². The van der Waals surface area contributed by atoms with Gasteiger partial charge in [-0.1, -0.05) is 6.07 Å². The molecule has 1 unspecified atom stereocenters. The standard InChI is InChI=1S/C17H24F2N4O.HI/c1-20-16(21-11-17(24)7-3-8-17)22-12-6-9-23(10-12)15-13(18)4-2-5-14(15)19;/h2,4-5,12,24H,3,6-11H2,1H3,(H2,20,21,22);1H. The van der Waals surface area contributed by atoms with Gasteiger partial charge in [0.05, 0.1) is 5.60 Å². The highest BCUT2D eigenvalue weighted by Crippen LogP contribution is 2.30. The second-order valence-electron chi connectivity index (χ2n) is 6.65. The Morgan fingerprint density at radius 1 is 1.36 bits per heavy atom. The third-order valence-electron chi connectivity index (χ3n) is 4.88. The van der Waals surface area contributed by atoms with Crippen LogP contribution in [0.25, 0.3) is 0 Å². The van der Waals surface area contributed by atoms with Gasteiger partial charge in [-0.15, -0.1) is 24.0 Å². The Hall–Kier alpha value is -1.16. The number of nitrogens with zero attached hydrogens (tertiary/aromatic N) is 2. The minimum atomic E-state index is -0.629. The molecule has 0 aromatic heterocycles. The van der Waals surface area contributed by atoms with Crippen molar-refractivity contribution in [3.05, 3.63) is 29.8 Å². The number of nitrogens with one attached hydrogen (secondary N) is 2. The van der Waals surface area contributed by atoms with E-state index in [9.17, 15) is 13.9 Å². The first-order valence-electron chi connectivity index (χ1n) is 8.39. The van der Waals surface area contributed by atoms with Crippen molar-refractivity contribution in [1.29, 1.82) is 0 Å². The molecule has 2 fully saturated rings. The number of anilines is 1. The molecule has 1 aromatic rings. The smallest absolute Gasteiger partial charge is 0.191 e. The lowest BCUT2D eigenvalue weighted by molar-refractivity contribution is -0.0279. The van der Waals surface area contributed by atoms with Crippen molar-refractivity contribution >= 4 is 35.6 Å². The number of hydrogen-bond donors (Lipinski definition) is 3. The summed E-state index contributed by atoms with van der Waals surface area (Å²) in [6, 6.07) is 3.97. The molecule has 1 saturated heterocycles. The number of para-hydroxylation sites is 1. The summed E-state index contributed by atoms with van der Waals surface area (Å²) in [6.07, 6.45) is 3.43. The molecule has 0 spiro atoms. The minimum absolute atomic E-state index is 0. The molecule has 3 rings (SSSR count). The zero-order valence-electron chi connectivity index (χ0n) is 14.3. The van der Waals surface area contributed by atoms with E-state index < -0.39 is 17.2 Å². The third kappa shape index (κ3) is 4.72. The maximum Gasteiger partial charge on any atom is 0.191 e. The van der Waals surface area contributed by atoms with Crippen molar-refractivity contribution in [2.75, 3.05) is 31.6 Å². The minimum Gasteiger partial charge on any atom is -0.388 e. The van der Waals surface area contributed by atoms with Crippen LogP contribution in [-0.2, 0) is 0 Å². The van der Waals surface area contributed by atoms with Gasteiger partial charge in [-0.2, -0.15) is 0 Å². The summed E-state index contributed by atoms with van der Waals surface area (Å²) < 4.78 is 27.8. The second kappa shape index (κ2) is 8.48. The third-order valence-corrected chi connectivity index (χ3v) is 4.88. The van der Waals surface area contributed by atoms with Crippen LogP contribution in [0.15, 0.2) is 23.2 Å². The molecule has 140 valence electrons. The normalized spacial score (nSPS) is 22.2. The molecular weight excluding hydrogens is 441 g/mol. The number of halogens is 3. The molecule has 0 bridgehead atoms. The predicted octanol–water partition coefficient (Wildman–Crippen LogP) is 2.24. The van der Waals surface area contributed by atoms with E-state index in [1.807, 2.05) is 0 Å². The first-order valence-corrected chi connectivity index (χ1v) is 8.39. The maximum atomic E-state index is 13.9. The molecule has 1 aliphatic heterocycles. The molecule has 1 atom stereocenters. The zero-order valence-corrected chi connectivity index (χ0v) is 16.6. The lowest BCUT2D eigenvalue weighted by atomic mass is 9.80. The molecule has 1 saturated carbocycles. The number of benzene rings is 1. The van der Waals surface area contributed by atoms with Gasteiger partial charge in [-0.3, -0.25) is 4.99 Å². The quantitative estimate of drug-likeness (QED) is 0.362. The fraction of sp³-hybridized carbons (Fsp3) is 0.588. The summed E-state index contributed by atoms with van der Waals surface area (Å²) >= 11 is 0. The molecule has 25 heavy (non-hydrogen) atoms. The largest absolute Gasteiger partial charge is 0.388 e. The molecule has 1 aliphatic carbocycles. The Morgan fingerprint density at radius 2 is 2.04 bits per heavy atom. The lowest BCUT2D eigenvalue weighted by Gasteiger charge is -2.37. The van der Waals surface area contributed by atoms with Crippen molar-refractivity contribution in [2.45, 2.75) is 37.3 Å². The van der Waals surface area contributed by atoms with Gasteiger partial charge in [0.1, 0.15) is 17.3 Å². The molecule has 0 amide bonds. The Kier molecular flexibility index (Phi) is 6.84. The summed E-state index contributed by atoms with van der Waals surface area (Å²) in [6.45, 7) is 1.55. The molecule has 0 radical (unpaired) electrons. The number of guanidine groups is 1.